The molecule has 5 heteroatoms. The monoisotopic (exact) mass is 302 g/mol. The van der Waals surface area contributed by atoms with Gasteiger partial charge >= 0.3 is 5.97 Å². The molecule has 1 aliphatic rings. The molecule has 21 heavy (non-hydrogen) atoms. The summed E-state index contributed by atoms with van der Waals surface area (Å²) in [7, 11) is 0. The van der Waals surface area contributed by atoms with Gasteiger partial charge in [-0.1, -0.05) is 6.07 Å². The van der Waals surface area contributed by atoms with Crippen LogP contribution >= 0.6 is 11.8 Å². The Balaban J connectivity index is 2.28. The van der Waals surface area contributed by atoms with Gasteiger partial charge in [0.15, 0.2) is 0 Å². The maximum atomic E-state index is 10.6. The number of carboxylic acid groups (broad SMARTS) is 1. The van der Waals surface area contributed by atoms with Crippen LogP contribution in [0.25, 0.3) is 6.08 Å². The lowest BCUT2D eigenvalue weighted by molar-refractivity contribution is -0.131. The second-order valence-electron chi connectivity index (χ2n) is 5.59. The Labute approximate surface area is 129 Å². The van der Waals surface area contributed by atoms with Crippen LogP contribution in [0.2, 0.25) is 0 Å². The van der Waals surface area contributed by atoms with Gasteiger partial charge in [-0.3, -0.25) is 0 Å². The van der Waals surface area contributed by atoms with Crippen molar-refractivity contribution >= 4 is 29.5 Å². The Bertz CT molecular complexity index is 617. The predicted octanol–water partition coefficient (Wildman–Crippen LogP) is 2.99. The zero-order valence-corrected chi connectivity index (χ0v) is 13.0. The minimum atomic E-state index is -0.993. The smallest absolute Gasteiger partial charge is 0.328 e. The Morgan fingerprint density at radius 1 is 1.52 bits per heavy atom. The first-order valence-corrected chi connectivity index (χ1v) is 7.74. The second-order valence-corrected chi connectivity index (χ2v) is 7.39. The standard InChI is InChI=1S/C16H18N2O2S/c1-16(2)11-18(7-8-21-16)14-5-3-12(4-6-15(19)20)9-13(14)10-17/h3-6,9H,7-8,11H2,1-2H3,(H,19,20)/b6-4+. The van der Waals surface area contributed by atoms with Crippen LogP contribution in [-0.2, 0) is 4.79 Å². The second kappa shape index (κ2) is 6.23. The molecule has 1 aromatic carbocycles. The molecule has 0 aliphatic carbocycles. The Hall–Kier alpha value is -1.93. The SMILES string of the molecule is CC1(C)CN(c2ccc(/C=C/C(=O)O)cc2C#N)CCS1. The highest BCUT2D eigenvalue weighted by molar-refractivity contribution is 8.00. The van der Waals surface area contributed by atoms with Gasteiger partial charge in [0, 0.05) is 29.7 Å². The van der Waals surface area contributed by atoms with E-state index in [0.717, 1.165) is 36.2 Å². The highest BCUT2D eigenvalue weighted by Crippen LogP contribution is 2.33. The fourth-order valence-electron chi connectivity index (χ4n) is 2.41. The van der Waals surface area contributed by atoms with Crippen molar-refractivity contribution in [3.63, 3.8) is 0 Å². The molecule has 0 amide bonds. The van der Waals surface area contributed by atoms with Gasteiger partial charge in [0.25, 0.3) is 0 Å². The maximum absolute atomic E-state index is 10.6. The van der Waals surface area contributed by atoms with Crippen LogP contribution in [0.5, 0.6) is 0 Å². The van der Waals surface area contributed by atoms with Crippen LogP contribution in [0.1, 0.15) is 25.0 Å². The zero-order chi connectivity index (χ0) is 15.5. The first-order valence-electron chi connectivity index (χ1n) is 6.75. The van der Waals surface area contributed by atoms with E-state index >= 15 is 0 Å². The zero-order valence-electron chi connectivity index (χ0n) is 12.2. The van der Waals surface area contributed by atoms with Gasteiger partial charge in [-0.2, -0.15) is 17.0 Å². The molecule has 2 rings (SSSR count). The van der Waals surface area contributed by atoms with E-state index in [1.807, 2.05) is 23.9 Å². The van der Waals surface area contributed by atoms with Crippen molar-refractivity contribution in [1.82, 2.24) is 0 Å². The van der Waals surface area contributed by atoms with Crippen molar-refractivity contribution in [1.29, 1.82) is 5.26 Å². The van der Waals surface area contributed by atoms with E-state index < -0.39 is 5.97 Å². The van der Waals surface area contributed by atoms with Crippen LogP contribution in [0, 0.1) is 11.3 Å². The molecule has 1 aliphatic heterocycles. The van der Waals surface area contributed by atoms with Crippen LogP contribution in [0.3, 0.4) is 0 Å². The van der Waals surface area contributed by atoms with E-state index in [4.69, 9.17) is 5.11 Å². The summed E-state index contributed by atoms with van der Waals surface area (Å²) in [5.74, 6) is 0.0471. The summed E-state index contributed by atoms with van der Waals surface area (Å²) in [4.78, 5) is 12.8. The van der Waals surface area contributed by atoms with Gasteiger partial charge in [-0.25, -0.2) is 4.79 Å². The molecule has 1 aromatic rings. The van der Waals surface area contributed by atoms with Gasteiger partial charge < -0.3 is 10.0 Å². The number of carbonyl (C=O) groups is 1. The van der Waals surface area contributed by atoms with Gasteiger partial charge in [0.05, 0.1) is 11.3 Å². The van der Waals surface area contributed by atoms with Gasteiger partial charge in [-0.05, 0) is 37.6 Å². The fraction of sp³-hybridized carbons (Fsp3) is 0.375. The summed E-state index contributed by atoms with van der Waals surface area (Å²) >= 11 is 1.95. The van der Waals surface area contributed by atoms with Crippen molar-refractivity contribution in [2.45, 2.75) is 18.6 Å². The molecule has 1 heterocycles. The third-order valence-corrected chi connectivity index (χ3v) is 4.62. The first-order chi connectivity index (χ1) is 9.91. The Morgan fingerprint density at radius 2 is 2.29 bits per heavy atom. The minimum absolute atomic E-state index is 0.173. The van der Waals surface area contributed by atoms with Gasteiger partial charge in [-0.15, -0.1) is 0 Å². The predicted molar refractivity (Wildman–Crippen MR) is 86.6 cm³/mol. The number of aliphatic carboxylic acids is 1. The van der Waals surface area contributed by atoms with E-state index in [1.165, 1.54) is 6.08 Å². The lowest BCUT2D eigenvalue weighted by atomic mass is 10.1. The van der Waals surface area contributed by atoms with E-state index in [2.05, 4.69) is 24.8 Å². The molecule has 4 nitrogen and oxygen atoms in total. The summed E-state index contributed by atoms with van der Waals surface area (Å²) < 4.78 is 0.173. The van der Waals surface area contributed by atoms with E-state index in [-0.39, 0.29) is 4.75 Å². The maximum Gasteiger partial charge on any atom is 0.328 e. The molecule has 0 unspecified atom stereocenters. The average Bonchev–Trinajstić information content (AvgIpc) is 2.43. The molecule has 0 atom stereocenters. The summed E-state index contributed by atoms with van der Waals surface area (Å²) in [6.45, 7) is 6.24. The molecule has 0 spiro atoms. The lowest BCUT2D eigenvalue weighted by Crippen LogP contribution is -2.43. The van der Waals surface area contributed by atoms with Crippen molar-refractivity contribution in [3.8, 4) is 6.07 Å². The molecule has 1 N–H and O–H groups in total. The number of hydrogen-bond acceptors (Lipinski definition) is 4. The topological polar surface area (TPSA) is 64.3 Å². The summed E-state index contributed by atoms with van der Waals surface area (Å²) in [6.07, 6.45) is 2.58. The highest BCUT2D eigenvalue weighted by atomic mass is 32.2. The molecule has 1 fully saturated rings. The Kier molecular flexibility index (Phi) is 4.59. The lowest BCUT2D eigenvalue weighted by Gasteiger charge is -2.39. The molecule has 0 saturated carbocycles. The normalized spacial score (nSPS) is 17.7. The molecule has 0 bridgehead atoms. The quantitative estimate of drug-likeness (QED) is 0.870. The summed E-state index contributed by atoms with van der Waals surface area (Å²) in [5, 5.41) is 18.0. The Morgan fingerprint density at radius 3 is 2.90 bits per heavy atom. The number of carboxylic acids is 1. The molecular formula is C16H18N2O2S. The number of nitriles is 1. The fourth-order valence-corrected chi connectivity index (χ4v) is 3.52. The molecule has 0 aromatic heterocycles. The van der Waals surface area contributed by atoms with Gasteiger partial charge in [0.2, 0.25) is 0 Å². The largest absolute Gasteiger partial charge is 0.478 e. The van der Waals surface area contributed by atoms with E-state index in [0.29, 0.717) is 5.56 Å². The number of thioether (sulfide) groups is 1. The van der Waals surface area contributed by atoms with Crippen molar-refractivity contribution < 1.29 is 9.90 Å². The molecular weight excluding hydrogens is 284 g/mol. The summed E-state index contributed by atoms with van der Waals surface area (Å²) in [6, 6.07) is 7.72. The minimum Gasteiger partial charge on any atom is -0.478 e. The van der Waals surface area contributed by atoms with Crippen molar-refractivity contribution in [2.75, 3.05) is 23.7 Å². The highest BCUT2D eigenvalue weighted by Gasteiger charge is 2.28. The number of rotatable bonds is 3. The third-order valence-electron chi connectivity index (χ3n) is 3.33. The number of benzene rings is 1. The average molecular weight is 302 g/mol. The number of nitrogens with zero attached hydrogens (tertiary/aromatic N) is 2. The van der Waals surface area contributed by atoms with Crippen molar-refractivity contribution in [2.24, 2.45) is 0 Å². The summed E-state index contributed by atoms with van der Waals surface area (Å²) in [5.41, 5.74) is 2.24. The van der Waals surface area contributed by atoms with Crippen LogP contribution in [0.15, 0.2) is 24.3 Å². The molecule has 0 radical (unpaired) electrons. The first kappa shape index (κ1) is 15.5. The van der Waals surface area contributed by atoms with Crippen LogP contribution in [-0.4, -0.2) is 34.7 Å². The number of anilines is 1. The van der Waals surface area contributed by atoms with Gasteiger partial charge in [0.1, 0.15) is 6.07 Å². The van der Waals surface area contributed by atoms with Crippen LogP contribution in [0.4, 0.5) is 5.69 Å². The third kappa shape index (κ3) is 4.02. The van der Waals surface area contributed by atoms with E-state index in [1.54, 1.807) is 6.07 Å². The molecule has 1 saturated heterocycles. The van der Waals surface area contributed by atoms with Crippen molar-refractivity contribution in [3.05, 3.63) is 35.4 Å². The molecule has 110 valence electrons. The van der Waals surface area contributed by atoms with Crippen LogP contribution < -0.4 is 4.90 Å². The van der Waals surface area contributed by atoms with E-state index in [9.17, 15) is 10.1 Å². The number of hydrogen-bond donors (Lipinski definition) is 1.